The molecular formula is C12H16N2O. The number of hydrogen-bond donors (Lipinski definition) is 0. The second-order valence-electron chi connectivity index (χ2n) is 4.55. The third-order valence-electron chi connectivity index (χ3n) is 3.72. The average molecular weight is 204 g/mol. The van der Waals surface area contributed by atoms with E-state index in [1.165, 1.54) is 38.8 Å². The Balaban J connectivity index is 1.81. The third-order valence-corrected chi connectivity index (χ3v) is 3.72. The SMILES string of the molecule is C(=CC12CCCN1CCC2)c1ccno1. The maximum atomic E-state index is 5.08. The van der Waals surface area contributed by atoms with E-state index in [1.807, 2.05) is 6.07 Å². The van der Waals surface area contributed by atoms with Crippen molar-refractivity contribution in [1.29, 1.82) is 0 Å². The van der Waals surface area contributed by atoms with E-state index in [-0.39, 0.29) is 0 Å². The summed E-state index contributed by atoms with van der Waals surface area (Å²) in [6.07, 6.45) is 11.4. The molecule has 1 aromatic rings. The fraction of sp³-hybridized carbons (Fsp3) is 0.583. The molecule has 15 heavy (non-hydrogen) atoms. The summed E-state index contributed by atoms with van der Waals surface area (Å²) in [7, 11) is 0. The zero-order valence-corrected chi connectivity index (χ0v) is 8.85. The summed E-state index contributed by atoms with van der Waals surface area (Å²) in [6.45, 7) is 2.53. The summed E-state index contributed by atoms with van der Waals surface area (Å²) in [5.74, 6) is 0.864. The van der Waals surface area contributed by atoms with E-state index in [9.17, 15) is 0 Å². The molecule has 0 unspecified atom stereocenters. The monoisotopic (exact) mass is 204 g/mol. The smallest absolute Gasteiger partial charge is 0.159 e. The van der Waals surface area contributed by atoms with Crippen LogP contribution in [0, 0.1) is 0 Å². The van der Waals surface area contributed by atoms with Crippen LogP contribution < -0.4 is 0 Å². The van der Waals surface area contributed by atoms with Gasteiger partial charge in [0.05, 0.1) is 6.20 Å². The van der Waals surface area contributed by atoms with Crippen molar-refractivity contribution in [3.05, 3.63) is 24.1 Å². The first kappa shape index (κ1) is 9.16. The van der Waals surface area contributed by atoms with Crippen molar-refractivity contribution in [3.8, 4) is 0 Å². The van der Waals surface area contributed by atoms with Crippen LogP contribution in [0.1, 0.15) is 31.4 Å². The van der Waals surface area contributed by atoms with E-state index in [2.05, 4.69) is 22.2 Å². The molecule has 3 rings (SSSR count). The van der Waals surface area contributed by atoms with Crippen LogP contribution in [-0.2, 0) is 0 Å². The molecule has 0 amide bonds. The van der Waals surface area contributed by atoms with Crippen LogP contribution in [0.25, 0.3) is 6.08 Å². The van der Waals surface area contributed by atoms with E-state index in [4.69, 9.17) is 4.52 Å². The highest BCUT2D eigenvalue weighted by Gasteiger charge is 2.41. The number of rotatable bonds is 2. The van der Waals surface area contributed by atoms with E-state index < -0.39 is 0 Å². The fourth-order valence-corrected chi connectivity index (χ4v) is 2.97. The molecule has 0 atom stereocenters. The molecule has 2 fully saturated rings. The highest BCUT2D eigenvalue weighted by atomic mass is 16.5. The normalized spacial score (nSPS) is 25.1. The minimum absolute atomic E-state index is 0.340. The summed E-state index contributed by atoms with van der Waals surface area (Å²) in [6, 6.07) is 1.90. The Morgan fingerprint density at radius 1 is 1.33 bits per heavy atom. The fourth-order valence-electron chi connectivity index (χ4n) is 2.97. The highest BCUT2D eigenvalue weighted by molar-refractivity contribution is 5.44. The molecule has 0 saturated carbocycles. The van der Waals surface area contributed by atoms with Gasteiger partial charge in [0, 0.05) is 11.6 Å². The lowest BCUT2D eigenvalue weighted by Crippen LogP contribution is -2.35. The lowest BCUT2D eigenvalue weighted by molar-refractivity contribution is 0.251. The predicted molar refractivity (Wildman–Crippen MR) is 58.3 cm³/mol. The molecule has 80 valence electrons. The molecular weight excluding hydrogens is 188 g/mol. The Labute approximate surface area is 89.7 Å². The summed E-state index contributed by atoms with van der Waals surface area (Å²) in [5.41, 5.74) is 0.340. The molecule has 3 heterocycles. The second kappa shape index (κ2) is 3.49. The first-order valence-corrected chi connectivity index (χ1v) is 5.74. The van der Waals surface area contributed by atoms with Crippen LogP contribution in [0.3, 0.4) is 0 Å². The minimum atomic E-state index is 0.340. The minimum Gasteiger partial charge on any atom is -0.357 e. The molecule has 0 bridgehead atoms. The molecule has 2 saturated heterocycles. The van der Waals surface area contributed by atoms with Crippen molar-refractivity contribution in [3.63, 3.8) is 0 Å². The first-order valence-electron chi connectivity index (χ1n) is 5.74. The Morgan fingerprint density at radius 3 is 2.80 bits per heavy atom. The van der Waals surface area contributed by atoms with Gasteiger partial charge in [-0.05, 0) is 44.8 Å². The van der Waals surface area contributed by atoms with Gasteiger partial charge >= 0.3 is 0 Å². The molecule has 3 heteroatoms. The van der Waals surface area contributed by atoms with Crippen LogP contribution in [0.15, 0.2) is 22.9 Å². The van der Waals surface area contributed by atoms with Gasteiger partial charge in [0.1, 0.15) is 0 Å². The van der Waals surface area contributed by atoms with Crippen LogP contribution in [-0.4, -0.2) is 28.7 Å². The quantitative estimate of drug-likeness (QED) is 0.740. The standard InChI is InChI=1S/C12H16N2O/c1-5-12(6-2-10-14(12)9-1)7-3-11-4-8-13-15-11/h3-4,7-8H,1-2,5-6,9-10H2. The maximum Gasteiger partial charge on any atom is 0.159 e. The van der Waals surface area contributed by atoms with E-state index in [0.717, 1.165) is 5.76 Å². The summed E-state index contributed by atoms with van der Waals surface area (Å²) >= 11 is 0. The molecule has 1 aromatic heterocycles. The van der Waals surface area contributed by atoms with Crippen LogP contribution >= 0.6 is 0 Å². The molecule has 0 radical (unpaired) electrons. The largest absolute Gasteiger partial charge is 0.357 e. The predicted octanol–water partition coefficient (Wildman–Crippen LogP) is 2.32. The first-order chi connectivity index (χ1) is 7.39. The summed E-state index contributed by atoms with van der Waals surface area (Å²) < 4.78 is 5.08. The van der Waals surface area contributed by atoms with E-state index in [1.54, 1.807) is 6.20 Å². The van der Waals surface area contributed by atoms with Crippen molar-refractivity contribution < 1.29 is 4.52 Å². The van der Waals surface area contributed by atoms with Crippen molar-refractivity contribution in [2.75, 3.05) is 13.1 Å². The van der Waals surface area contributed by atoms with Gasteiger partial charge in [-0.2, -0.15) is 0 Å². The second-order valence-corrected chi connectivity index (χ2v) is 4.55. The number of nitrogens with zero attached hydrogens (tertiary/aromatic N) is 2. The van der Waals surface area contributed by atoms with Gasteiger partial charge in [0.15, 0.2) is 5.76 Å². The Bertz CT molecular complexity index is 346. The highest BCUT2D eigenvalue weighted by Crippen LogP contribution is 2.40. The lowest BCUT2D eigenvalue weighted by atomic mass is 9.93. The molecule has 3 nitrogen and oxygen atoms in total. The molecule has 2 aliphatic heterocycles. The number of aromatic nitrogens is 1. The van der Waals surface area contributed by atoms with Crippen molar-refractivity contribution in [1.82, 2.24) is 10.1 Å². The van der Waals surface area contributed by atoms with E-state index >= 15 is 0 Å². The van der Waals surface area contributed by atoms with Gasteiger partial charge in [-0.1, -0.05) is 11.2 Å². The average Bonchev–Trinajstić information content (AvgIpc) is 2.91. The topological polar surface area (TPSA) is 29.3 Å². The molecule has 2 aliphatic rings. The van der Waals surface area contributed by atoms with Crippen LogP contribution in [0.4, 0.5) is 0 Å². The van der Waals surface area contributed by atoms with Crippen molar-refractivity contribution in [2.45, 2.75) is 31.2 Å². The molecule has 0 aliphatic carbocycles. The lowest BCUT2D eigenvalue weighted by Gasteiger charge is -2.28. The van der Waals surface area contributed by atoms with Gasteiger partial charge in [-0.15, -0.1) is 0 Å². The Morgan fingerprint density at radius 2 is 2.13 bits per heavy atom. The molecule has 0 aromatic carbocycles. The van der Waals surface area contributed by atoms with Gasteiger partial charge in [-0.25, -0.2) is 0 Å². The third kappa shape index (κ3) is 1.51. The maximum absolute atomic E-state index is 5.08. The van der Waals surface area contributed by atoms with E-state index in [0.29, 0.717) is 5.54 Å². The Hall–Kier alpha value is -1.09. The van der Waals surface area contributed by atoms with Gasteiger partial charge in [0.25, 0.3) is 0 Å². The zero-order valence-electron chi connectivity index (χ0n) is 8.85. The van der Waals surface area contributed by atoms with Crippen molar-refractivity contribution in [2.24, 2.45) is 0 Å². The van der Waals surface area contributed by atoms with Gasteiger partial charge in [-0.3, -0.25) is 4.90 Å². The van der Waals surface area contributed by atoms with Crippen molar-refractivity contribution >= 4 is 6.08 Å². The molecule has 0 N–H and O–H groups in total. The van der Waals surface area contributed by atoms with Crippen LogP contribution in [0.5, 0.6) is 0 Å². The van der Waals surface area contributed by atoms with Crippen LogP contribution in [0.2, 0.25) is 0 Å². The van der Waals surface area contributed by atoms with Gasteiger partial charge in [0.2, 0.25) is 0 Å². The Kier molecular flexibility index (Phi) is 2.13. The summed E-state index contributed by atoms with van der Waals surface area (Å²) in [5, 5.41) is 3.71. The molecule has 0 spiro atoms. The zero-order chi connectivity index (χ0) is 10.1. The summed E-state index contributed by atoms with van der Waals surface area (Å²) in [4.78, 5) is 2.61. The number of fused-ring (bicyclic) bond motifs is 1. The van der Waals surface area contributed by atoms with Gasteiger partial charge < -0.3 is 4.52 Å². The number of hydrogen-bond acceptors (Lipinski definition) is 3.